The van der Waals surface area contributed by atoms with E-state index in [0.717, 1.165) is 22.2 Å². The molecule has 0 aliphatic carbocycles. The molecule has 114 valence electrons. The Labute approximate surface area is 128 Å². The van der Waals surface area contributed by atoms with Crippen molar-refractivity contribution >= 4 is 11.0 Å². The van der Waals surface area contributed by atoms with Gasteiger partial charge in [-0.05, 0) is 30.2 Å². The Balaban J connectivity index is 1.82. The molecule has 2 atom stereocenters. The molecule has 0 amide bonds. The van der Waals surface area contributed by atoms with Crippen molar-refractivity contribution in [2.45, 2.75) is 19.0 Å². The van der Waals surface area contributed by atoms with Crippen LogP contribution >= 0.6 is 0 Å². The average molecular weight is 297 g/mol. The van der Waals surface area contributed by atoms with Crippen LogP contribution in [0, 0.1) is 0 Å². The molecular weight excluding hydrogens is 278 g/mol. The summed E-state index contributed by atoms with van der Waals surface area (Å²) < 4.78 is 0. The fourth-order valence-corrected chi connectivity index (χ4v) is 2.66. The summed E-state index contributed by atoms with van der Waals surface area (Å²) in [5, 5.41) is 13.1. The number of fused-ring (bicyclic) bond motifs is 1. The van der Waals surface area contributed by atoms with Crippen molar-refractivity contribution in [1.29, 1.82) is 0 Å². The van der Waals surface area contributed by atoms with Crippen LogP contribution in [0.2, 0.25) is 0 Å². The molecule has 5 heteroatoms. The first-order chi connectivity index (χ1) is 10.7. The molecule has 5 nitrogen and oxygen atoms in total. The van der Waals surface area contributed by atoms with Crippen LogP contribution in [0.5, 0.6) is 0 Å². The minimum absolute atomic E-state index is 0.0254. The van der Waals surface area contributed by atoms with Crippen LogP contribution in [-0.2, 0) is 0 Å². The fraction of sp³-hybridized carbons (Fsp3) is 0.235. The Morgan fingerprint density at radius 3 is 2.50 bits per heavy atom. The molecule has 0 radical (unpaired) electrons. The number of hydrogen-bond acceptors (Lipinski definition) is 3. The highest BCUT2D eigenvalue weighted by Crippen LogP contribution is 2.21. The summed E-state index contributed by atoms with van der Waals surface area (Å²) in [7, 11) is 0. The van der Waals surface area contributed by atoms with Crippen molar-refractivity contribution in [1.82, 2.24) is 15.3 Å². The minimum atomic E-state index is -0.203. The third kappa shape index (κ3) is 2.95. The molecule has 0 bridgehead atoms. The van der Waals surface area contributed by atoms with Crippen LogP contribution in [0.1, 0.15) is 30.1 Å². The first kappa shape index (κ1) is 14.6. The second-order valence-corrected chi connectivity index (χ2v) is 5.42. The van der Waals surface area contributed by atoms with Crippen LogP contribution < -0.4 is 11.0 Å². The minimum Gasteiger partial charge on any atom is -0.394 e. The van der Waals surface area contributed by atoms with Crippen molar-refractivity contribution in [3.63, 3.8) is 0 Å². The summed E-state index contributed by atoms with van der Waals surface area (Å²) in [6, 6.07) is 15.6. The zero-order valence-corrected chi connectivity index (χ0v) is 12.3. The maximum absolute atomic E-state index is 11.3. The van der Waals surface area contributed by atoms with Gasteiger partial charge in [-0.15, -0.1) is 0 Å². The number of aliphatic hydroxyl groups excluding tert-OH is 1. The van der Waals surface area contributed by atoms with E-state index in [1.54, 1.807) is 0 Å². The van der Waals surface area contributed by atoms with E-state index in [1.807, 2.05) is 55.5 Å². The number of imidazole rings is 1. The Bertz CT molecular complexity index is 807. The molecule has 1 heterocycles. The monoisotopic (exact) mass is 297 g/mol. The van der Waals surface area contributed by atoms with E-state index >= 15 is 0 Å². The standard InChI is InChI=1S/C17H19N3O2/c1-11(18-16(10-21)12-5-3-2-4-6-12)13-7-8-14-15(9-13)20-17(22)19-14/h2-9,11,16,18,21H,10H2,1H3,(H2,19,20,22). The average Bonchev–Trinajstić information content (AvgIpc) is 2.92. The lowest BCUT2D eigenvalue weighted by atomic mass is 10.0. The number of aromatic nitrogens is 2. The van der Waals surface area contributed by atoms with Crippen LogP contribution in [0.25, 0.3) is 11.0 Å². The van der Waals surface area contributed by atoms with E-state index in [4.69, 9.17) is 0 Å². The van der Waals surface area contributed by atoms with Crippen LogP contribution in [0.4, 0.5) is 0 Å². The zero-order valence-electron chi connectivity index (χ0n) is 12.3. The molecule has 0 saturated carbocycles. The quantitative estimate of drug-likeness (QED) is 0.583. The van der Waals surface area contributed by atoms with Gasteiger partial charge in [0.05, 0.1) is 23.7 Å². The molecule has 0 saturated heterocycles. The van der Waals surface area contributed by atoms with Gasteiger partial charge in [0.25, 0.3) is 0 Å². The van der Waals surface area contributed by atoms with Crippen molar-refractivity contribution in [3.05, 3.63) is 70.1 Å². The largest absolute Gasteiger partial charge is 0.394 e. The molecule has 0 aliphatic heterocycles. The predicted octanol–water partition coefficient (Wildman–Crippen LogP) is 2.24. The predicted molar refractivity (Wildman–Crippen MR) is 86.7 cm³/mol. The van der Waals surface area contributed by atoms with Gasteiger partial charge in [-0.3, -0.25) is 0 Å². The number of H-pyrrole nitrogens is 2. The van der Waals surface area contributed by atoms with Gasteiger partial charge in [-0.1, -0.05) is 36.4 Å². The third-order valence-electron chi connectivity index (χ3n) is 3.88. The van der Waals surface area contributed by atoms with Gasteiger partial charge in [-0.2, -0.15) is 0 Å². The zero-order chi connectivity index (χ0) is 15.5. The van der Waals surface area contributed by atoms with E-state index < -0.39 is 0 Å². The molecule has 3 aromatic rings. The summed E-state index contributed by atoms with van der Waals surface area (Å²) >= 11 is 0. The second-order valence-electron chi connectivity index (χ2n) is 5.42. The number of aliphatic hydroxyl groups is 1. The lowest BCUT2D eigenvalue weighted by molar-refractivity contribution is 0.235. The van der Waals surface area contributed by atoms with E-state index in [9.17, 15) is 9.90 Å². The molecule has 22 heavy (non-hydrogen) atoms. The highest BCUT2D eigenvalue weighted by atomic mass is 16.3. The van der Waals surface area contributed by atoms with E-state index in [2.05, 4.69) is 15.3 Å². The molecule has 1 aromatic heterocycles. The normalized spacial score (nSPS) is 14.1. The van der Waals surface area contributed by atoms with Crippen molar-refractivity contribution in [2.75, 3.05) is 6.61 Å². The lowest BCUT2D eigenvalue weighted by Gasteiger charge is -2.22. The molecule has 2 unspecified atom stereocenters. The number of nitrogens with one attached hydrogen (secondary N) is 3. The van der Waals surface area contributed by atoms with Gasteiger partial charge in [0.15, 0.2) is 0 Å². The van der Waals surface area contributed by atoms with Crippen molar-refractivity contribution in [3.8, 4) is 0 Å². The molecule has 0 spiro atoms. The van der Waals surface area contributed by atoms with Gasteiger partial charge in [-0.25, -0.2) is 4.79 Å². The molecule has 2 aromatic carbocycles. The highest BCUT2D eigenvalue weighted by Gasteiger charge is 2.15. The third-order valence-corrected chi connectivity index (χ3v) is 3.88. The summed E-state index contributed by atoms with van der Waals surface area (Å²) in [5.74, 6) is 0. The molecule has 0 fully saturated rings. The Hall–Kier alpha value is -2.37. The van der Waals surface area contributed by atoms with Crippen molar-refractivity contribution in [2.24, 2.45) is 0 Å². The van der Waals surface area contributed by atoms with E-state index in [0.29, 0.717) is 0 Å². The molecule has 4 N–H and O–H groups in total. The van der Waals surface area contributed by atoms with Crippen LogP contribution in [0.15, 0.2) is 53.3 Å². The van der Waals surface area contributed by atoms with E-state index in [1.165, 1.54) is 0 Å². The Morgan fingerprint density at radius 1 is 1.05 bits per heavy atom. The smallest absolute Gasteiger partial charge is 0.323 e. The first-order valence-electron chi connectivity index (χ1n) is 7.31. The Kier molecular flexibility index (Phi) is 4.09. The van der Waals surface area contributed by atoms with Crippen molar-refractivity contribution < 1.29 is 5.11 Å². The highest BCUT2D eigenvalue weighted by molar-refractivity contribution is 5.75. The first-order valence-corrected chi connectivity index (χ1v) is 7.31. The SMILES string of the molecule is CC(NC(CO)c1ccccc1)c1ccc2[nH]c(=O)[nH]c2c1. The van der Waals surface area contributed by atoms with Gasteiger partial charge >= 0.3 is 5.69 Å². The van der Waals surface area contributed by atoms with Crippen LogP contribution in [0.3, 0.4) is 0 Å². The number of benzene rings is 2. The number of hydrogen-bond donors (Lipinski definition) is 4. The van der Waals surface area contributed by atoms with E-state index in [-0.39, 0.29) is 24.4 Å². The summed E-state index contributed by atoms with van der Waals surface area (Å²) in [5.41, 5.74) is 3.48. The molecular formula is C17H19N3O2. The summed E-state index contributed by atoms with van der Waals surface area (Å²) in [6.07, 6.45) is 0. The van der Waals surface area contributed by atoms with Crippen LogP contribution in [-0.4, -0.2) is 21.7 Å². The van der Waals surface area contributed by atoms with Gasteiger partial charge in [0.1, 0.15) is 0 Å². The topological polar surface area (TPSA) is 80.9 Å². The number of aromatic amines is 2. The van der Waals surface area contributed by atoms with Gasteiger partial charge in [0.2, 0.25) is 0 Å². The summed E-state index contributed by atoms with van der Waals surface area (Å²) in [6.45, 7) is 2.06. The maximum atomic E-state index is 11.3. The van der Waals surface area contributed by atoms with Gasteiger partial charge in [0, 0.05) is 6.04 Å². The molecule has 0 aliphatic rings. The Morgan fingerprint density at radius 2 is 1.77 bits per heavy atom. The number of rotatable bonds is 5. The second kappa shape index (κ2) is 6.17. The fourth-order valence-electron chi connectivity index (χ4n) is 2.66. The lowest BCUT2D eigenvalue weighted by Crippen LogP contribution is -2.27. The van der Waals surface area contributed by atoms with Gasteiger partial charge < -0.3 is 20.4 Å². The maximum Gasteiger partial charge on any atom is 0.323 e. The molecule has 3 rings (SSSR count). The summed E-state index contributed by atoms with van der Waals surface area (Å²) in [4.78, 5) is 16.8.